The molecule has 1 aliphatic heterocycles. The van der Waals surface area contributed by atoms with Gasteiger partial charge in [-0.15, -0.1) is 10.2 Å². The molecule has 1 aromatic heterocycles. The van der Waals surface area contributed by atoms with E-state index in [-0.39, 0.29) is 5.91 Å². The predicted octanol–water partition coefficient (Wildman–Crippen LogP) is 5.66. The van der Waals surface area contributed by atoms with Gasteiger partial charge in [-0.2, -0.15) is 0 Å². The standard InChI is InChI=1S/C27H24N4OS/c32-26(31-18-10-11-19-31)25(22-16-8-3-9-17-22)33-27-28-23(20-12-4-1-5-13-20)24(29-30-27)21-14-6-2-7-15-21/h1-9,12-17,25H,10-11,18-19H2/t25-/m0/s1. The summed E-state index contributed by atoms with van der Waals surface area (Å²) in [6, 6.07) is 29.8. The van der Waals surface area contributed by atoms with Gasteiger partial charge in [0.2, 0.25) is 11.1 Å². The van der Waals surface area contributed by atoms with Crippen molar-refractivity contribution in [1.29, 1.82) is 0 Å². The molecule has 1 saturated heterocycles. The maximum absolute atomic E-state index is 13.4. The van der Waals surface area contributed by atoms with E-state index in [2.05, 4.69) is 10.2 Å². The van der Waals surface area contributed by atoms with Crippen LogP contribution in [0.4, 0.5) is 0 Å². The minimum atomic E-state index is -0.405. The highest BCUT2D eigenvalue weighted by molar-refractivity contribution is 8.00. The lowest BCUT2D eigenvalue weighted by molar-refractivity contribution is -0.129. The second kappa shape index (κ2) is 9.96. The molecule has 0 bridgehead atoms. The first-order chi connectivity index (χ1) is 16.3. The van der Waals surface area contributed by atoms with E-state index in [9.17, 15) is 4.79 Å². The molecule has 164 valence electrons. The fourth-order valence-electron chi connectivity index (χ4n) is 4.05. The second-order valence-electron chi connectivity index (χ2n) is 7.96. The van der Waals surface area contributed by atoms with Gasteiger partial charge in [0.25, 0.3) is 0 Å². The average molecular weight is 453 g/mol. The van der Waals surface area contributed by atoms with E-state index in [4.69, 9.17) is 4.98 Å². The number of nitrogens with zero attached hydrogens (tertiary/aromatic N) is 4. The lowest BCUT2D eigenvalue weighted by atomic mass is 10.0. The van der Waals surface area contributed by atoms with Crippen LogP contribution in [-0.2, 0) is 4.79 Å². The van der Waals surface area contributed by atoms with Crippen LogP contribution in [0, 0.1) is 0 Å². The smallest absolute Gasteiger partial charge is 0.240 e. The normalized spacial score (nSPS) is 14.2. The molecule has 5 rings (SSSR count). The zero-order valence-electron chi connectivity index (χ0n) is 18.2. The van der Waals surface area contributed by atoms with Gasteiger partial charge >= 0.3 is 0 Å². The lowest BCUT2D eigenvalue weighted by Gasteiger charge is -2.22. The van der Waals surface area contributed by atoms with Crippen molar-refractivity contribution in [3.8, 4) is 22.5 Å². The first-order valence-electron chi connectivity index (χ1n) is 11.2. The summed E-state index contributed by atoms with van der Waals surface area (Å²) in [6.45, 7) is 1.62. The topological polar surface area (TPSA) is 59.0 Å². The van der Waals surface area contributed by atoms with E-state index in [1.807, 2.05) is 95.9 Å². The highest BCUT2D eigenvalue weighted by atomic mass is 32.2. The number of carbonyl (C=O) groups is 1. The maximum Gasteiger partial charge on any atom is 0.240 e. The number of amides is 1. The summed E-state index contributed by atoms with van der Waals surface area (Å²) in [5.74, 6) is 0.112. The van der Waals surface area contributed by atoms with Crippen molar-refractivity contribution in [2.75, 3.05) is 13.1 Å². The summed E-state index contributed by atoms with van der Waals surface area (Å²) >= 11 is 1.37. The van der Waals surface area contributed by atoms with Gasteiger partial charge < -0.3 is 4.90 Å². The SMILES string of the molecule is O=C([C@@H](Sc1nnc(-c2ccccc2)c(-c2ccccc2)n1)c1ccccc1)N1CCCC1. The number of likely N-dealkylation sites (tertiary alicyclic amines) is 1. The van der Waals surface area contributed by atoms with Crippen LogP contribution in [0.2, 0.25) is 0 Å². The Morgan fingerprint density at radius 1 is 0.727 bits per heavy atom. The zero-order chi connectivity index (χ0) is 22.5. The van der Waals surface area contributed by atoms with Gasteiger partial charge in [0.1, 0.15) is 16.6 Å². The van der Waals surface area contributed by atoms with Gasteiger partial charge in [0.15, 0.2) is 0 Å². The number of carbonyl (C=O) groups excluding carboxylic acids is 1. The summed E-state index contributed by atoms with van der Waals surface area (Å²) in [5, 5.41) is 9.11. The Labute approximate surface area is 197 Å². The molecular weight excluding hydrogens is 428 g/mol. The van der Waals surface area contributed by atoms with Gasteiger partial charge in [0.05, 0.1) is 0 Å². The molecule has 33 heavy (non-hydrogen) atoms. The van der Waals surface area contributed by atoms with Crippen molar-refractivity contribution in [3.63, 3.8) is 0 Å². The first-order valence-corrected chi connectivity index (χ1v) is 12.0. The molecule has 1 amide bonds. The quantitative estimate of drug-likeness (QED) is 0.353. The van der Waals surface area contributed by atoms with Crippen LogP contribution in [0.15, 0.2) is 96.2 Å². The van der Waals surface area contributed by atoms with E-state index in [0.29, 0.717) is 5.16 Å². The van der Waals surface area contributed by atoms with Crippen molar-refractivity contribution in [2.24, 2.45) is 0 Å². The van der Waals surface area contributed by atoms with E-state index in [1.165, 1.54) is 11.8 Å². The van der Waals surface area contributed by atoms with Crippen LogP contribution in [0.25, 0.3) is 22.5 Å². The van der Waals surface area contributed by atoms with Crippen LogP contribution < -0.4 is 0 Å². The third-order valence-electron chi connectivity index (χ3n) is 5.73. The zero-order valence-corrected chi connectivity index (χ0v) is 19.0. The predicted molar refractivity (Wildman–Crippen MR) is 132 cm³/mol. The van der Waals surface area contributed by atoms with Crippen molar-refractivity contribution in [1.82, 2.24) is 20.1 Å². The number of rotatable bonds is 6. The fourth-order valence-corrected chi connectivity index (χ4v) is 5.03. The Morgan fingerprint density at radius 2 is 1.27 bits per heavy atom. The summed E-state index contributed by atoms with van der Waals surface area (Å²) < 4.78 is 0. The van der Waals surface area contributed by atoms with E-state index < -0.39 is 5.25 Å². The Morgan fingerprint density at radius 3 is 1.88 bits per heavy atom. The number of hydrogen-bond acceptors (Lipinski definition) is 5. The number of thioether (sulfide) groups is 1. The molecule has 0 saturated carbocycles. The third kappa shape index (κ3) is 4.81. The van der Waals surface area contributed by atoms with Crippen molar-refractivity contribution < 1.29 is 4.79 Å². The molecule has 0 N–H and O–H groups in total. The molecule has 4 aromatic rings. The molecule has 0 aliphatic carbocycles. The molecule has 0 spiro atoms. The molecule has 1 atom stereocenters. The van der Waals surface area contributed by atoms with Crippen LogP contribution in [0.1, 0.15) is 23.7 Å². The highest BCUT2D eigenvalue weighted by Crippen LogP contribution is 2.37. The van der Waals surface area contributed by atoms with Crippen molar-refractivity contribution in [3.05, 3.63) is 96.6 Å². The maximum atomic E-state index is 13.4. The third-order valence-corrected chi connectivity index (χ3v) is 6.82. The monoisotopic (exact) mass is 452 g/mol. The fraction of sp³-hybridized carbons (Fsp3) is 0.185. The van der Waals surface area contributed by atoms with Gasteiger partial charge in [0, 0.05) is 24.2 Å². The van der Waals surface area contributed by atoms with Crippen LogP contribution >= 0.6 is 11.8 Å². The van der Waals surface area contributed by atoms with E-state index in [0.717, 1.165) is 54.0 Å². The molecule has 1 aliphatic rings. The summed E-state index contributed by atoms with van der Waals surface area (Å²) in [6.07, 6.45) is 2.11. The Bertz CT molecular complexity index is 1210. The van der Waals surface area contributed by atoms with E-state index >= 15 is 0 Å². The summed E-state index contributed by atoms with van der Waals surface area (Å²) in [5.41, 5.74) is 4.38. The lowest BCUT2D eigenvalue weighted by Crippen LogP contribution is -2.31. The van der Waals surface area contributed by atoms with Gasteiger partial charge in [-0.05, 0) is 18.4 Å². The molecule has 2 heterocycles. The molecule has 0 radical (unpaired) electrons. The molecule has 1 fully saturated rings. The van der Waals surface area contributed by atoms with Gasteiger partial charge in [-0.1, -0.05) is 103 Å². The molecule has 5 nitrogen and oxygen atoms in total. The van der Waals surface area contributed by atoms with Crippen LogP contribution in [0.3, 0.4) is 0 Å². The largest absolute Gasteiger partial charge is 0.341 e. The average Bonchev–Trinajstić information content (AvgIpc) is 3.44. The van der Waals surface area contributed by atoms with Gasteiger partial charge in [-0.25, -0.2) is 4.98 Å². The molecule has 6 heteroatoms. The van der Waals surface area contributed by atoms with Crippen molar-refractivity contribution >= 4 is 17.7 Å². The molecular formula is C27H24N4OS. The number of aromatic nitrogens is 3. The Kier molecular flexibility index (Phi) is 6.44. The Hall–Kier alpha value is -3.51. The minimum Gasteiger partial charge on any atom is -0.341 e. The Balaban J connectivity index is 1.54. The summed E-state index contributed by atoms with van der Waals surface area (Å²) in [4.78, 5) is 20.3. The summed E-state index contributed by atoms with van der Waals surface area (Å²) in [7, 11) is 0. The van der Waals surface area contributed by atoms with Crippen LogP contribution in [-0.4, -0.2) is 39.1 Å². The van der Waals surface area contributed by atoms with E-state index in [1.54, 1.807) is 0 Å². The highest BCUT2D eigenvalue weighted by Gasteiger charge is 2.30. The second-order valence-corrected chi connectivity index (χ2v) is 9.04. The van der Waals surface area contributed by atoms with Crippen molar-refractivity contribution in [2.45, 2.75) is 23.2 Å². The van der Waals surface area contributed by atoms with Crippen LogP contribution in [0.5, 0.6) is 0 Å². The minimum absolute atomic E-state index is 0.112. The number of benzene rings is 3. The molecule has 3 aromatic carbocycles. The number of hydrogen-bond donors (Lipinski definition) is 0. The molecule has 0 unspecified atom stereocenters. The van der Waals surface area contributed by atoms with Gasteiger partial charge in [-0.3, -0.25) is 4.79 Å². The first kappa shape index (κ1) is 21.3.